The minimum absolute atomic E-state index is 0.0440. The molecule has 0 unspecified atom stereocenters. The third kappa shape index (κ3) is 5.79. The first-order valence-corrected chi connectivity index (χ1v) is 9.38. The number of halogens is 5. The molecule has 0 saturated carbocycles. The second-order valence-corrected chi connectivity index (χ2v) is 6.87. The molecule has 0 aliphatic rings. The number of anilines is 1. The molecular formula is C22H22ClF4N3. The molecule has 0 aromatic heterocycles. The van der Waals surface area contributed by atoms with Crippen LogP contribution in [0.3, 0.4) is 0 Å². The second kappa shape index (κ2) is 10.2. The molecule has 0 atom stereocenters. The van der Waals surface area contributed by atoms with Crippen LogP contribution in [0.5, 0.6) is 0 Å². The average Bonchev–Trinajstić information content (AvgIpc) is 2.72. The van der Waals surface area contributed by atoms with Gasteiger partial charge in [-0.05, 0) is 30.7 Å². The minimum Gasteiger partial charge on any atom is -0.341 e. The topological polar surface area (TPSA) is 27.3 Å². The lowest BCUT2D eigenvalue weighted by molar-refractivity contribution is 0.179. The van der Waals surface area contributed by atoms with Crippen molar-refractivity contribution < 1.29 is 17.6 Å². The van der Waals surface area contributed by atoms with Crippen molar-refractivity contribution in [2.24, 2.45) is 0 Å². The molecule has 2 rings (SSSR count). The van der Waals surface area contributed by atoms with E-state index in [1.54, 1.807) is 23.1 Å². The van der Waals surface area contributed by atoms with Crippen LogP contribution in [0.25, 0.3) is 5.70 Å². The van der Waals surface area contributed by atoms with E-state index in [1.807, 2.05) is 6.92 Å². The molecule has 0 radical (unpaired) electrons. The summed E-state index contributed by atoms with van der Waals surface area (Å²) in [5.41, 5.74) is 6.36. The normalized spacial score (nSPS) is 10.6. The highest BCUT2D eigenvalue weighted by Gasteiger charge is 2.15. The van der Waals surface area contributed by atoms with Crippen LogP contribution in [0.1, 0.15) is 24.5 Å². The lowest BCUT2D eigenvalue weighted by Crippen LogP contribution is -2.31. The third-order valence-corrected chi connectivity index (χ3v) is 4.66. The number of alkyl halides is 2. The zero-order valence-corrected chi connectivity index (χ0v) is 17.2. The van der Waals surface area contributed by atoms with Gasteiger partial charge in [-0.2, -0.15) is 0 Å². The Morgan fingerprint density at radius 3 is 2.30 bits per heavy atom. The van der Waals surface area contributed by atoms with Gasteiger partial charge in [0.2, 0.25) is 0 Å². The number of hydrogen-bond donors (Lipinski definition) is 2. The van der Waals surface area contributed by atoms with E-state index < -0.39 is 23.8 Å². The van der Waals surface area contributed by atoms with Crippen LogP contribution in [-0.4, -0.2) is 6.43 Å². The van der Waals surface area contributed by atoms with Gasteiger partial charge in [-0.1, -0.05) is 50.4 Å². The Balaban J connectivity index is 2.21. The molecule has 30 heavy (non-hydrogen) atoms. The highest BCUT2D eigenvalue weighted by atomic mass is 35.5. The van der Waals surface area contributed by atoms with E-state index in [1.165, 1.54) is 18.2 Å². The summed E-state index contributed by atoms with van der Waals surface area (Å²) in [6.45, 7) is 12.9. The smallest absolute Gasteiger partial charge is 0.279 e. The fourth-order valence-corrected chi connectivity index (χ4v) is 2.72. The molecule has 8 heteroatoms. The Kier molecular flexibility index (Phi) is 7.94. The van der Waals surface area contributed by atoms with Gasteiger partial charge in [0, 0.05) is 22.5 Å². The summed E-state index contributed by atoms with van der Waals surface area (Å²) in [5.74, 6) is -1.07. The first-order chi connectivity index (χ1) is 14.1. The Morgan fingerprint density at radius 1 is 1.03 bits per heavy atom. The van der Waals surface area contributed by atoms with Gasteiger partial charge in [-0.3, -0.25) is 5.43 Å². The monoisotopic (exact) mass is 439 g/mol. The maximum atomic E-state index is 14.8. The molecule has 0 fully saturated rings. The van der Waals surface area contributed by atoms with Gasteiger partial charge in [0.25, 0.3) is 6.43 Å². The molecule has 0 heterocycles. The van der Waals surface area contributed by atoms with Gasteiger partial charge in [0.05, 0.1) is 23.0 Å². The quantitative estimate of drug-likeness (QED) is 0.331. The molecule has 0 bridgehead atoms. The highest BCUT2D eigenvalue weighted by Crippen LogP contribution is 2.28. The fraction of sp³-hybridized carbons (Fsp3) is 0.182. The Hall–Kier alpha value is -2.93. The predicted octanol–water partition coefficient (Wildman–Crippen LogP) is 6.39. The summed E-state index contributed by atoms with van der Waals surface area (Å²) in [6, 6.07) is 8.63. The lowest BCUT2D eigenvalue weighted by Gasteiger charge is -2.27. The molecule has 0 aliphatic carbocycles. The molecule has 3 nitrogen and oxygen atoms in total. The van der Waals surface area contributed by atoms with E-state index in [4.69, 9.17) is 11.6 Å². The largest absolute Gasteiger partial charge is 0.341 e. The van der Waals surface area contributed by atoms with Crippen molar-refractivity contribution in [3.8, 4) is 0 Å². The van der Waals surface area contributed by atoms with E-state index >= 15 is 0 Å². The molecule has 2 N–H and O–H groups in total. The second-order valence-electron chi connectivity index (χ2n) is 6.47. The van der Waals surface area contributed by atoms with Crippen LogP contribution in [0.4, 0.5) is 23.2 Å². The summed E-state index contributed by atoms with van der Waals surface area (Å²) >= 11 is 5.89. The Morgan fingerprint density at radius 2 is 1.73 bits per heavy atom. The number of nitrogens with one attached hydrogen (secondary N) is 2. The molecule has 2 aromatic carbocycles. The zero-order valence-electron chi connectivity index (χ0n) is 16.4. The SMILES string of the molecule is C=C(NNC(=C)C(F)F)c1ccc(CN(C(=C)CC)c2ccc(F)c(Cl)c2)c(F)c1. The van der Waals surface area contributed by atoms with Crippen molar-refractivity contribution in [3.05, 3.63) is 95.3 Å². The van der Waals surface area contributed by atoms with E-state index in [-0.39, 0.29) is 17.3 Å². The number of allylic oxidation sites excluding steroid dienone is 2. The van der Waals surface area contributed by atoms with Crippen molar-refractivity contribution >= 4 is 23.0 Å². The molecular weight excluding hydrogens is 418 g/mol. The van der Waals surface area contributed by atoms with Gasteiger partial charge in [-0.25, -0.2) is 17.6 Å². The van der Waals surface area contributed by atoms with Crippen LogP contribution >= 0.6 is 11.6 Å². The van der Waals surface area contributed by atoms with Gasteiger partial charge >= 0.3 is 0 Å². The third-order valence-electron chi connectivity index (χ3n) is 4.37. The Bertz CT molecular complexity index is 959. The Labute approximate surface area is 178 Å². The summed E-state index contributed by atoms with van der Waals surface area (Å²) in [4.78, 5) is 1.74. The van der Waals surface area contributed by atoms with Gasteiger partial charge < -0.3 is 10.3 Å². The number of hydrazine groups is 1. The number of rotatable bonds is 10. The zero-order chi connectivity index (χ0) is 22.4. The van der Waals surface area contributed by atoms with Crippen LogP contribution in [0, 0.1) is 11.6 Å². The van der Waals surface area contributed by atoms with Crippen LogP contribution < -0.4 is 15.8 Å². The standard InChI is InChI=1S/C22H22ClF4N3/c1-5-13(2)30(18-8-9-20(24)19(23)11-18)12-17-7-6-16(10-21(17)25)14(3)28-29-15(4)22(26)27/h6-11,22,28-29H,2-5,12H2,1H3. The maximum absolute atomic E-state index is 14.8. The molecule has 0 saturated heterocycles. The van der Waals surface area contributed by atoms with Gasteiger partial charge in [0.15, 0.2) is 0 Å². The van der Waals surface area contributed by atoms with Crippen molar-refractivity contribution in [3.63, 3.8) is 0 Å². The highest BCUT2D eigenvalue weighted by molar-refractivity contribution is 6.31. The predicted molar refractivity (Wildman–Crippen MR) is 114 cm³/mol. The van der Waals surface area contributed by atoms with Crippen LogP contribution in [-0.2, 0) is 6.54 Å². The van der Waals surface area contributed by atoms with E-state index in [9.17, 15) is 17.6 Å². The fourth-order valence-electron chi connectivity index (χ4n) is 2.55. The van der Waals surface area contributed by atoms with E-state index in [0.29, 0.717) is 28.9 Å². The van der Waals surface area contributed by atoms with E-state index in [0.717, 1.165) is 0 Å². The first-order valence-electron chi connectivity index (χ1n) is 9.01. The lowest BCUT2D eigenvalue weighted by atomic mass is 10.1. The van der Waals surface area contributed by atoms with Crippen molar-refractivity contribution in [1.29, 1.82) is 0 Å². The summed E-state index contributed by atoms with van der Waals surface area (Å²) < 4.78 is 53.2. The summed E-state index contributed by atoms with van der Waals surface area (Å²) in [7, 11) is 0. The molecule has 0 aliphatic heterocycles. The number of nitrogens with zero attached hydrogens (tertiary/aromatic N) is 1. The van der Waals surface area contributed by atoms with Crippen molar-refractivity contribution in [1.82, 2.24) is 10.9 Å². The van der Waals surface area contributed by atoms with Crippen molar-refractivity contribution in [2.45, 2.75) is 26.3 Å². The summed E-state index contributed by atoms with van der Waals surface area (Å²) in [6.07, 6.45) is -2.16. The molecule has 0 spiro atoms. The number of benzene rings is 2. The molecule has 160 valence electrons. The van der Waals surface area contributed by atoms with Crippen LogP contribution in [0.15, 0.2) is 67.5 Å². The first kappa shape index (κ1) is 23.3. The minimum atomic E-state index is -2.75. The average molecular weight is 440 g/mol. The maximum Gasteiger partial charge on any atom is 0.279 e. The number of hydrogen-bond acceptors (Lipinski definition) is 3. The van der Waals surface area contributed by atoms with Crippen molar-refractivity contribution in [2.75, 3.05) is 4.90 Å². The van der Waals surface area contributed by atoms with Crippen LogP contribution in [0.2, 0.25) is 5.02 Å². The molecule has 2 aromatic rings. The van der Waals surface area contributed by atoms with Gasteiger partial charge in [-0.15, -0.1) is 0 Å². The molecule has 0 amide bonds. The van der Waals surface area contributed by atoms with Gasteiger partial charge in [0.1, 0.15) is 11.6 Å². The van der Waals surface area contributed by atoms with E-state index in [2.05, 4.69) is 30.6 Å². The summed E-state index contributed by atoms with van der Waals surface area (Å²) in [5, 5.41) is -0.0440.